The van der Waals surface area contributed by atoms with Crippen LogP contribution in [0.15, 0.2) is 18.2 Å². The summed E-state index contributed by atoms with van der Waals surface area (Å²) in [6.07, 6.45) is -0.551. The van der Waals surface area contributed by atoms with Crippen molar-refractivity contribution in [2.24, 2.45) is 5.73 Å². The molecule has 0 amide bonds. The van der Waals surface area contributed by atoms with Crippen LogP contribution in [-0.2, 0) is 4.79 Å². The third-order valence-electron chi connectivity index (χ3n) is 2.36. The van der Waals surface area contributed by atoms with Gasteiger partial charge in [0, 0.05) is 5.56 Å². The first kappa shape index (κ1) is 14.2. The first-order valence-corrected chi connectivity index (χ1v) is 5.77. The zero-order chi connectivity index (χ0) is 13.7. The van der Waals surface area contributed by atoms with Crippen molar-refractivity contribution in [2.45, 2.75) is 19.4 Å². The van der Waals surface area contributed by atoms with Crippen molar-refractivity contribution in [3.05, 3.63) is 23.8 Å². The molecule has 3 N–H and O–H groups in total. The average molecular weight is 269 g/mol. The van der Waals surface area contributed by atoms with E-state index in [2.05, 4.69) is 0 Å². The fourth-order valence-corrected chi connectivity index (χ4v) is 1.51. The topological polar surface area (TPSA) is 81.8 Å². The molecule has 0 heterocycles. The molecular formula is C12H15NO4S. The fourth-order valence-electron chi connectivity index (χ4n) is 1.38. The molecule has 0 saturated carbocycles. The first-order valence-electron chi connectivity index (χ1n) is 5.36. The lowest BCUT2D eigenvalue weighted by Gasteiger charge is -2.16. The summed E-state index contributed by atoms with van der Waals surface area (Å²) in [4.78, 5) is 11.1. The number of methoxy groups -OCH3 is 1. The molecule has 0 aliphatic carbocycles. The van der Waals surface area contributed by atoms with Gasteiger partial charge in [0.2, 0.25) is 0 Å². The van der Waals surface area contributed by atoms with Crippen molar-refractivity contribution < 1.29 is 19.4 Å². The van der Waals surface area contributed by atoms with E-state index in [-0.39, 0.29) is 4.99 Å². The van der Waals surface area contributed by atoms with Gasteiger partial charge in [-0.05, 0) is 24.6 Å². The number of carboxylic acids is 1. The van der Waals surface area contributed by atoms with Crippen LogP contribution in [-0.4, -0.2) is 29.3 Å². The standard InChI is InChI=1S/C12H15NO4S/c1-3-8(12(14)15)17-9-5-4-7(11(13)18)6-10(9)16-2/h4-6,8H,3H2,1-2H3,(H2,13,18)(H,14,15). The minimum absolute atomic E-state index is 0.241. The van der Waals surface area contributed by atoms with Crippen molar-refractivity contribution >= 4 is 23.2 Å². The number of carbonyl (C=O) groups is 1. The number of nitrogens with two attached hydrogens (primary N) is 1. The van der Waals surface area contributed by atoms with E-state index in [0.717, 1.165) is 0 Å². The molecule has 1 aromatic carbocycles. The quantitative estimate of drug-likeness (QED) is 0.763. The Kier molecular flexibility index (Phi) is 4.91. The summed E-state index contributed by atoms with van der Waals surface area (Å²) in [6.45, 7) is 1.73. The molecule has 6 heteroatoms. The van der Waals surface area contributed by atoms with Crippen molar-refractivity contribution in [2.75, 3.05) is 7.11 Å². The van der Waals surface area contributed by atoms with E-state index in [1.807, 2.05) is 0 Å². The zero-order valence-corrected chi connectivity index (χ0v) is 11.0. The van der Waals surface area contributed by atoms with Crippen LogP contribution < -0.4 is 15.2 Å². The first-order chi connectivity index (χ1) is 8.49. The maximum absolute atomic E-state index is 10.9. The highest BCUT2D eigenvalue weighted by Gasteiger charge is 2.19. The van der Waals surface area contributed by atoms with Crippen LogP contribution in [0, 0.1) is 0 Å². The van der Waals surface area contributed by atoms with Gasteiger partial charge >= 0.3 is 5.97 Å². The predicted octanol–water partition coefficient (Wildman–Crippen LogP) is 1.57. The van der Waals surface area contributed by atoms with E-state index in [1.54, 1.807) is 25.1 Å². The van der Waals surface area contributed by atoms with Crippen molar-refractivity contribution in [1.82, 2.24) is 0 Å². The van der Waals surface area contributed by atoms with Crippen LogP contribution in [0.2, 0.25) is 0 Å². The minimum atomic E-state index is -1.02. The Hall–Kier alpha value is -1.82. The highest BCUT2D eigenvalue weighted by molar-refractivity contribution is 7.80. The minimum Gasteiger partial charge on any atom is -0.493 e. The second kappa shape index (κ2) is 6.20. The molecular weight excluding hydrogens is 254 g/mol. The Balaban J connectivity index is 3.02. The van der Waals surface area contributed by atoms with Gasteiger partial charge in [-0.2, -0.15) is 0 Å². The van der Waals surface area contributed by atoms with Gasteiger partial charge in [-0.25, -0.2) is 4.79 Å². The van der Waals surface area contributed by atoms with Gasteiger partial charge in [0.15, 0.2) is 17.6 Å². The van der Waals surface area contributed by atoms with Gasteiger partial charge in [0.1, 0.15) is 4.99 Å². The lowest BCUT2D eigenvalue weighted by molar-refractivity contribution is -0.145. The van der Waals surface area contributed by atoms with E-state index in [0.29, 0.717) is 23.5 Å². The monoisotopic (exact) mass is 269 g/mol. The van der Waals surface area contributed by atoms with Gasteiger partial charge in [-0.15, -0.1) is 0 Å². The van der Waals surface area contributed by atoms with Crippen LogP contribution in [0.25, 0.3) is 0 Å². The largest absolute Gasteiger partial charge is 0.493 e. The molecule has 0 aliphatic rings. The van der Waals surface area contributed by atoms with E-state index in [4.69, 9.17) is 32.5 Å². The number of carboxylic acid groups (broad SMARTS) is 1. The smallest absolute Gasteiger partial charge is 0.344 e. The third kappa shape index (κ3) is 3.33. The summed E-state index contributed by atoms with van der Waals surface area (Å²) in [5, 5.41) is 8.93. The molecule has 1 aromatic rings. The van der Waals surface area contributed by atoms with E-state index >= 15 is 0 Å². The Morgan fingerprint density at radius 1 is 1.50 bits per heavy atom. The fraction of sp³-hybridized carbons (Fsp3) is 0.333. The Morgan fingerprint density at radius 2 is 2.17 bits per heavy atom. The number of thiocarbonyl (C=S) groups is 1. The SMILES string of the molecule is CCC(Oc1ccc(C(N)=S)cc1OC)C(=O)O. The molecule has 1 rings (SSSR count). The number of hydrogen-bond acceptors (Lipinski definition) is 4. The van der Waals surface area contributed by atoms with Gasteiger partial charge in [-0.3, -0.25) is 0 Å². The van der Waals surface area contributed by atoms with Crippen LogP contribution in [0.4, 0.5) is 0 Å². The molecule has 1 unspecified atom stereocenters. The molecule has 18 heavy (non-hydrogen) atoms. The van der Waals surface area contributed by atoms with Gasteiger partial charge in [0.25, 0.3) is 0 Å². The summed E-state index contributed by atoms with van der Waals surface area (Å²) >= 11 is 4.85. The summed E-state index contributed by atoms with van der Waals surface area (Å²) in [5.74, 6) is -0.260. The molecule has 0 saturated heterocycles. The second-order valence-corrected chi connectivity index (χ2v) is 4.02. The maximum atomic E-state index is 10.9. The van der Waals surface area contributed by atoms with Crippen molar-refractivity contribution in [3.63, 3.8) is 0 Å². The van der Waals surface area contributed by atoms with E-state index < -0.39 is 12.1 Å². The van der Waals surface area contributed by atoms with Crippen LogP contribution >= 0.6 is 12.2 Å². The summed E-state index contributed by atoms with van der Waals surface area (Å²) in [5.41, 5.74) is 6.14. The van der Waals surface area contributed by atoms with E-state index in [9.17, 15) is 4.79 Å². The van der Waals surface area contributed by atoms with Crippen LogP contribution in [0.5, 0.6) is 11.5 Å². The summed E-state index contributed by atoms with van der Waals surface area (Å²) < 4.78 is 10.5. The second-order valence-electron chi connectivity index (χ2n) is 3.58. The highest BCUT2D eigenvalue weighted by atomic mass is 32.1. The predicted molar refractivity (Wildman–Crippen MR) is 71.2 cm³/mol. The lowest BCUT2D eigenvalue weighted by atomic mass is 10.2. The molecule has 0 aliphatic heterocycles. The molecule has 0 fully saturated rings. The lowest BCUT2D eigenvalue weighted by Crippen LogP contribution is -2.26. The zero-order valence-electron chi connectivity index (χ0n) is 10.2. The van der Waals surface area contributed by atoms with Gasteiger partial charge in [-0.1, -0.05) is 19.1 Å². The van der Waals surface area contributed by atoms with Crippen molar-refractivity contribution in [1.29, 1.82) is 0 Å². The Bertz CT molecular complexity index is 461. The van der Waals surface area contributed by atoms with Crippen LogP contribution in [0.1, 0.15) is 18.9 Å². The summed E-state index contributed by atoms with van der Waals surface area (Å²) in [6, 6.07) is 4.87. The highest BCUT2D eigenvalue weighted by Crippen LogP contribution is 2.29. The number of rotatable bonds is 6. The normalized spacial score (nSPS) is 11.7. The van der Waals surface area contributed by atoms with Gasteiger partial charge in [0.05, 0.1) is 7.11 Å². The molecule has 98 valence electrons. The van der Waals surface area contributed by atoms with E-state index in [1.165, 1.54) is 7.11 Å². The molecule has 0 spiro atoms. The maximum Gasteiger partial charge on any atom is 0.344 e. The average Bonchev–Trinajstić information content (AvgIpc) is 2.35. The number of hydrogen-bond donors (Lipinski definition) is 2. The number of aliphatic carboxylic acids is 1. The number of benzene rings is 1. The molecule has 0 aromatic heterocycles. The van der Waals surface area contributed by atoms with Gasteiger partial charge < -0.3 is 20.3 Å². The summed E-state index contributed by atoms with van der Waals surface area (Å²) in [7, 11) is 1.47. The molecule has 0 bridgehead atoms. The number of ether oxygens (including phenoxy) is 2. The molecule has 5 nitrogen and oxygen atoms in total. The third-order valence-corrected chi connectivity index (χ3v) is 2.60. The molecule has 1 atom stereocenters. The van der Waals surface area contributed by atoms with Crippen LogP contribution in [0.3, 0.4) is 0 Å². The Labute approximate surface area is 111 Å². The Morgan fingerprint density at radius 3 is 2.61 bits per heavy atom. The van der Waals surface area contributed by atoms with Crippen molar-refractivity contribution in [3.8, 4) is 11.5 Å². The molecule has 0 radical (unpaired) electrons.